The van der Waals surface area contributed by atoms with Crippen LogP contribution in [0.5, 0.6) is 0 Å². The number of methoxy groups -OCH3 is 1. The van der Waals surface area contributed by atoms with Crippen molar-refractivity contribution in [1.29, 1.82) is 0 Å². The van der Waals surface area contributed by atoms with Crippen molar-refractivity contribution in [3.63, 3.8) is 0 Å². The fraction of sp³-hybridized carbons (Fsp3) is 0.650. The molecular formula is C20H36O3Si. The molecule has 0 N–H and O–H groups in total. The van der Waals surface area contributed by atoms with E-state index in [-0.39, 0.29) is 11.0 Å². The average molecular weight is 353 g/mol. The number of carbonyl (C=O) groups excluding carboxylic acids is 1. The van der Waals surface area contributed by atoms with E-state index in [1.807, 2.05) is 13.0 Å². The summed E-state index contributed by atoms with van der Waals surface area (Å²) in [6.45, 7) is 20.1. The monoisotopic (exact) mass is 352 g/mol. The first-order valence-corrected chi connectivity index (χ1v) is 11.5. The second-order valence-electron chi connectivity index (χ2n) is 8.17. The highest BCUT2D eigenvalue weighted by Crippen LogP contribution is 2.36. The van der Waals surface area contributed by atoms with E-state index in [0.29, 0.717) is 11.5 Å². The van der Waals surface area contributed by atoms with Gasteiger partial charge >= 0.3 is 5.97 Å². The highest BCUT2D eigenvalue weighted by Gasteiger charge is 2.37. The SMILES string of the molecule is COC(=O)/C(C)=C/C(C)=C/C(C)=C/[C@@H](C)CO[Si](C)(C)C(C)(C)C. The van der Waals surface area contributed by atoms with E-state index in [1.165, 1.54) is 12.7 Å². The zero-order valence-corrected chi connectivity index (χ0v) is 18.2. The Morgan fingerprint density at radius 3 is 2.08 bits per heavy atom. The van der Waals surface area contributed by atoms with E-state index in [1.54, 1.807) is 6.92 Å². The summed E-state index contributed by atoms with van der Waals surface area (Å²) in [6.07, 6.45) is 6.15. The second-order valence-corrected chi connectivity index (χ2v) is 13.0. The summed E-state index contributed by atoms with van der Waals surface area (Å²) in [5.41, 5.74) is 2.81. The lowest BCUT2D eigenvalue weighted by Crippen LogP contribution is -2.41. The van der Waals surface area contributed by atoms with Crippen molar-refractivity contribution in [2.75, 3.05) is 13.7 Å². The number of carbonyl (C=O) groups is 1. The minimum Gasteiger partial charge on any atom is -0.466 e. The van der Waals surface area contributed by atoms with Gasteiger partial charge in [0, 0.05) is 12.2 Å². The van der Waals surface area contributed by atoms with Crippen LogP contribution in [-0.2, 0) is 14.0 Å². The third kappa shape index (κ3) is 8.11. The van der Waals surface area contributed by atoms with Crippen LogP contribution in [0, 0.1) is 5.92 Å². The van der Waals surface area contributed by atoms with Crippen LogP contribution in [0.1, 0.15) is 48.5 Å². The minimum atomic E-state index is -1.69. The van der Waals surface area contributed by atoms with Crippen molar-refractivity contribution in [3.05, 3.63) is 34.9 Å². The molecule has 0 saturated carbocycles. The van der Waals surface area contributed by atoms with Gasteiger partial charge in [-0.15, -0.1) is 0 Å². The van der Waals surface area contributed by atoms with Gasteiger partial charge in [-0.3, -0.25) is 0 Å². The maximum Gasteiger partial charge on any atom is 0.333 e. The van der Waals surface area contributed by atoms with E-state index in [9.17, 15) is 4.79 Å². The van der Waals surface area contributed by atoms with Crippen LogP contribution in [0.15, 0.2) is 34.9 Å². The summed E-state index contributed by atoms with van der Waals surface area (Å²) in [4.78, 5) is 11.4. The Morgan fingerprint density at radius 2 is 1.62 bits per heavy atom. The molecule has 138 valence electrons. The summed E-state index contributed by atoms with van der Waals surface area (Å²) >= 11 is 0. The van der Waals surface area contributed by atoms with E-state index in [2.05, 4.69) is 59.9 Å². The predicted molar refractivity (Wildman–Crippen MR) is 106 cm³/mol. The molecule has 3 nitrogen and oxygen atoms in total. The van der Waals surface area contributed by atoms with Crippen LogP contribution in [0.25, 0.3) is 0 Å². The van der Waals surface area contributed by atoms with Crippen LogP contribution < -0.4 is 0 Å². The van der Waals surface area contributed by atoms with Gasteiger partial charge in [0.05, 0.1) is 7.11 Å². The van der Waals surface area contributed by atoms with Crippen molar-refractivity contribution in [2.24, 2.45) is 5.92 Å². The van der Waals surface area contributed by atoms with E-state index < -0.39 is 8.32 Å². The van der Waals surface area contributed by atoms with Gasteiger partial charge in [-0.05, 0) is 50.9 Å². The van der Waals surface area contributed by atoms with Crippen LogP contribution in [0.2, 0.25) is 18.1 Å². The van der Waals surface area contributed by atoms with Gasteiger partial charge in [0.25, 0.3) is 0 Å². The molecular weight excluding hydrogens is 316 g/mol. The number of hydrogen-bond donors (Lipinski definition) is 0. The summed E-state index contributed by atoms with van der Waals surface area (Å²) in [5, 5.41) is 0.234. The molecule has 0 aromatic rings. The standard InChI is InChI=1S/C20H36O3Si/c1-15(11-16(2)13-18(4)19(21)22-8)12-17(3)14-23-24(9,10)20(5,6)7/h11-13,17H,14H2,1-10H3/b15-12+,16-11+,18-13+/t17-/m1/s1. The maximum absolute atomic E-state index is 11.4. The number of ether oxygens (including phenoxy) is 1. The molecule has 0 aromatic heterocycles. The molecule has 0 spiro atoms. The molecule has 0 aliphatic carbocycles. The molecule has 0 bridgehead atoms. The zero-order valence-electron chi connectivity index (χ0n) is 17.2. The molecule has 0 rings (SSSR count). The molecule has 0 heterocycles. The Balaban J connectivity index is 4.84. The Bertz CT molecular complexity index is 519. The molecule has 0 unspecified atom stereocenters. The van der Waals surface area contributed by atoms with Crippen molar-refractivity contribution < 1.29 is 14.0 Å². The van der Waals surface area contributed by atoms with Crippen molar-refractivity contribution in [2.45, 2.75) is 66.6 Å². The fourth-order valence-corrected chi connectivity index (χ4v) is 3.18. The molecule has 4 heteroatoms. The quantitative estimate of drug-likeness (QED) is 0.257. The summed E-state index contributed by atoms with van der Waals surface area (Å²) in [7, 11) is -0.298. The Labute approximate surface area is 149 Å². The lowest BCUT2D eigenvalue weighted by Gasteiger charge is -2.36. The minimum absolute atomic E-state index is 0.234. The molecule has 1 atom stereocenters. The summed E-state index contributed by atoms with van der Waals surface area (Å²) < 4.78 is 11.0. The smallest absolute Gasteiger partial charge is 0.333 e. The first kappa shape index (κ1) is 22.9. The van der Waals surface area contributed by atoms with Crippen LogP contribution in [0.4, 0.5) is 0 Å². The second kappa shape index (κ2) is 9.38. The first-order chi connectivity index (χ1) is 10.8. The fourth-order valence-electron chi connectivity index (χ4n) is 2.06. The highest BCUT2D eigenvalue weighted by atomic mass is 28.4. The average Bonchev–Trinajstić information content (AvgIpc) is 2.42. The molecule has 24 heavy (non-hydrogen) atoms. The molecule has 0 aliphatic rings. The number of rotatable bonds is 7. The van der Waals surface area contributed by atoms with Crippen LogP contribution >= 0.6 is 0 Å². The Kier molecular flexibility index (Phi) is 8.93. The van der Waals surface area contributed by atoms with Gasteiger partial charge in [0.2, 0.25) is 0 Å². The van der Waals surface area contributed by atoms with Crippen molar-refractivity contribution in [1.82, 2.24) is 0 Å². The number of allylic oxidation sites excluding steroid dienone is 4. The molecule has 0 saturated heterocycles. The molecule has 0 aromatic carbocycles. The third-order valence-corrected chi connectivity index (χ3v) is 8.97. The lowest BCUT2D eigenvalue weighted by molar-refractivity contribution is -0.136. The normalized spacial score (nSPS) is 16.2. The van der Waals surface area contributed by atoms with Crippen LogP contribution in [-0.4, -0.2) is 28.0 Å². The van der Waals surface area contributed by atoms with E-state index in [0.717, 1.165) is 12.2 Å². The molecule has 0 radical (unpaired) electrons. The number of esters is 1. The van der Waals surface area contributed by atoms with Gasteiger partial charge in [-0.2, -0.15) is 0 Å². The predicted octanol–water partition coefficient (Wildman–Crippen LogP) is 5.66. The summed E-state index contributed by atoms with van der Waals surface area (Å²) in [6, 6.07) is 0. The topological polar surface area (TPSA) is 35.5 Å². The molecule has 0 aliphatic heterocycles. The van der Waals surface area contributed by atoms with Crippen molar-refractivity contribution >= 4 is 14.3 Å². The lowest BCUT2D eigenvalue weighted by atomic mass is 10.1. The van der Waals surface area contributed by atoms with Gasteiger partial charge in [0.15, 0.2) is 8.32 Å². The summed E-state index contributed by atoms with van der Waals surface area (Å²) in [5.74, 6) is 0.0642. The van der Waals surface area contributed by atoms with Gasteiger partial charge in [0.1, 0.15) is 0 Å². The third-order valence-electron chi connectivity index (χ3n) is 4.47. The largest absolute Gasteiger partial charge is 0.466 e. The Morgan fingerprint density at radius 1 is 1.08 bits per heavy atom. The van der Waals surface area contributed by atoms with E-state index in [4.69, 9.17) is 9.16 Å². The maximum atomic E-state index is 11.4. The zero-order chi connectivity index (χ0) is 19.1. The van der Waals surface area contributed by atoms with Crippen LogP contribution in [0.3, 0.4) is 0 Å². The highest BCUT2D eigenvalue weighted by molar-refractivity contribution is 6.74. The first-order valence-electron chi connectivity index (χ1n) is 8.57. The molecule has 0 fully saturated rings. The number of hydrogen-bond acceptors (Lipinski definition) is 3. The van der Waals surface area contributed by atoms with Gasteiger partial charge in [-0.25, -0.2) is 4.79 Å². The van der Waals surface area contributed by atoms with Crippen molar-refractivity contribution in [3.8, 4) is 0 Å². The van der Waals surface area contributed by atoms with Gasteiger partial charge < -0.3 is 9.16 Å². The molecule has 0 amide bonds. The van der Waals surface area contributed by atoms with E-state index >= 15 is 0 Å². The van der Waals surface area contributed by atoms with Gasteiger partial charge in [-0.1, -0.05) is 51.0 Å². The Hall–Kier alpha value is -1.13.